The number of hydrogen-bond donors (Lipinski definition) is 0. The van der Waals surface area contributed by atoms with Crippen LogP contribution in [0.1, 0.15) is 111 Å². The van der Waals surface area contributed by atoms with E-state index in [1.807, 2.05) is 13.8 Å². The SMILES string of the molecule is CCCCCCCCCCCCCCCC(=O)OC(C)C.[Ti]. The van der Waals surface area contributed by atoms with Crippen molar-refractivity contribution in [3.05, 3.63) is 0 Å². The van der Waals surface area contributed by atoms with Crippen molar-refractivity contribution in [2.45, 2.75) is 117 Å². The maximum atomic E-state index is 11.3. The first kappa shape index (κ1) is 24.4. The predicted octanol–water partition coefficient (Wildman–Crippen LogP) is 6.42. The van der Waals surface area contributed by atoms with E-state index < -0.39 is 0 Å². The summed E-state index contributed by atoms with van der Waals surface area (Å²) < 4.78 is 5.12. The molecule has 0 rings (SSSR count). The summed E-state index contributed by atoms with van der Waals surface area (Å²) in [5.74, 6) is -0.0342. The third-order valence-corrected chi connectivity index (χ3v) is 3.85. The molecule has 0 aliphatic rings. The van der Waals surface area contributed by atoms with Gasteiger partial charge in [0.1, 0.15) is 0 Å². The van der Waals surface area contributed by atoms with Crippen LogP contribution < -0.4 is 0 Å². The molecule has 0 aromatic carbocycles. The molecule has 0 radical (unpaired) electrons. The number of ether oxygens (including phenoxy) is 1. The summed E-state index contributed by atoms with van der Waals surface area (Å²) in [6, 6.07) is 0. The van der Waals surface area contributed by atoms with Crippen LogP contribution in [-0.2, 0) is 31.2 Å². The van der Waals surface area contributed by atoms with Gasteiger partial charge in [0, 0.05) is 28.1 Å². The minimum absolute atomic E-state index is 0. The van der Waals surface area contributed by atoms with Crippen LogP contribution in [0.25, 0.3) is 0 Å². The average Bonchev–Trinajstić information content (AvgIpc) is 2.43. The van der Waals surface area contributed by atoms with E-state index in [0.717, 1.165) is 6.42 Å². The van der Waals surface area contributed by atoms with E-state index in [2.05, 4.69) is 6.92 Å². The molecule has 0 aliphatic heterocycles. The molecule has 0 spiro atoms. The fourth-order valence-electron chi connectivity index (χ4n) is 2.61. The number of esters is 1. The summed E-state index contributed by atoms with van der Waals surface area (Å²) in [5.41, 5.74) is 0. The maximum absolute atomic E-state index is 11.3. The minimum Gasteiger partial charge on any atom is -0.463 e. The molecule has 0 heterocycles. The molecule has 0 saturated heterocycles. The molecule has 0 saturated carbocycles. The van der Waals surface area contributed by atoms with Crippen LogP contribution in [0.3, 0.4) is 0 Å². The van der Waals surface area contributed by atoms with Crippen LogP contribution in [0, 0.1) is 0 Å². The molecule has 2 nitrogen and oxygen atoms in total. The Bertz CT molecular complexity index is 229. The van der Waals surface area contributed by atoms with Gasteiger partial charge in [-0.15, -0.1) is 0 Å². The van der Waals surface area contributed by atoms with Crippen molar-refractivity contribution >= 4 is 5.97 Å². The summed E-state index contributed by atoms with van der Waals surface area (Å²) in [7, 11) is 0. The second-order valence-corrected chi connectivity index (χ2v) is 6.53. The van der Waals surface area contributed by atoms with Crippen molar-refractivity contribution < 1.29 is 31.2 Å². The predicted molar refractivity (Wildman–Crippen MR) is 91.5 cm³/mol. The normalized spacial score (nSPS) is 10.5. The Morgan fingerprint density at radius 2 is 1.09 bits per heavy atom. The van der Waals surface area contributed by atoms with Crippen molar-refractivity contribution in [1.82, 2.24) is 0 Å². The molecule has 0 amide bonds. The molecule has 0 aliphatic carbocycles. The van der Waals surface area contributed by atoms with Gasteiger partial charge in [-0.2, -0.15) is 0 Å². The number of rotatable bonds is 15. The second kappa shape index (κ2) is 19.2. The summed E-state index contributed by atoms with van der Waals surface area (Å²) in [6.07, 6.45) is 18.0. The van der Waals surface area contributed by atoms with Crippen LogP contribution in [0.15, 0.2) is 0 Å². The molecule has 0 fully saturated rings. The smallest absolute Gasteiger partial charge is 0.306 e. The van der Waals surface area contributed by atoms with Crippen LogP contribution in [-0.4, -0.2) is 12.1 Å². The molecular weight excluding hydrogens is 308 g/mol. The molecule has 0 aromatic heterocycles. The zero-order valence-electron chi connectivity index (χ0n) is 15.3. The number of carbonyl (C=O) groups excluding carboxylic acids is 1. The summed E-state index contributed by atoms with van der Waals surface area (Å²) in [5, 5.41) is 0. The molecule has 0 bridgehead atoms. The standard InChI is InChI=1S/C19H38O2.Ti/c1-4-5-6-7-8-9-10-11-12-13-14-15-16-17-19(20)21-18(2)3;/h18H,4-17H2,1-3H3;. The van der Waals surface area contributed by atoms with Crippen molar-refractivity contribution in [2.75, 3.05) is 0 Å². The van der Waals surface area contributed by atoms with Crippen LogP contribution in [0.4, 0.5) is 0 Å². The van der Waals surface area contributed by atoms with Gasteiger partial charge in [0.05, 0.1) is 6.10 Å². The van der Waals surface area contributed by atoms with Gasteiger partial charge < -0.3 is 4.74 Å². The van der Waals surface area contributed by atoms with E-state index in [1.54, 1.807) is 0 Å². The van der Waals surface area contributed by atoms with Gasteiger partial charge in [-0.3, -0.25) is 4.79 Å². The van der Waals surface area contributed by atoms with E-state index in [-0.39, 0.29) is 33.8 Å². The summed E-state index contributed by atoms with van der Waals surface area (Å²) in [6.45, 7) is 6.08. The fraction of sp³-hybridized carbons (Fsp3) is 0.947. The quantitative estimate of drug-likeness (QED) is 0.194. The Hall–Kier alpha value is 0.184. The molecular formula is C19H38O2Ti. The maximum Gasteiger partial charge on any atom is 0.306 e. The van der Waals surface area contributed by atoms with E-state index in [1.165, 1.54) is 77.0 Å². The van der Waals surface area contributed by atoms with Crippen LogP contribution in [0.5, 0.6) is 0 Å². The molecule has 0 N–H and O–H groups in total. The Balaban J connectivity index is 0. The Kier molecular flexibility index (Phi) is 21.4. The fourth-order valence-corrected chi connectivity index (χ4v) is 2.61. The largest absolute Gasteiger partial charge is 0.463 e. The molecule has 130 valence electrons. The van der Waals surface area contributed by atoms with Crippen LogP contribution >= 0.6 is 0 Å². The zero-order chi connectivity index (χ0) is 15.8. The van der Waals surface area contributed by atoms with Crippen LogP contribution in [0.2, 0.25) is 0 Å². The minimum atomic E-state index is -0.0342. The molecule has 3 heteroatoms. The molecule has 0 aromatic rings. The number of unbranched alkanes of at least 4 members (excludes halogenated alkanes) is 12. The molecule has 0 atom stereocenters. The second-order valence-electron chi connectivity index (χ2n) is 6.53. The van der Waals surface area contributed by atoms with E-state index >= 15 is 0 Å². The zero-order valence-corrected chi connectivity index (χ0v) is 16.9. The van der Waals surface area contributed by atoms with Gasteiger partial charge >= 0.3 is 5.97 Å². The van der Waals surface area contributed by atoms with Gasteiger partial charge in [0.25, 0.3) is 0 Å². The Morgan fingerprint density at radius 1 is 0.727 bits per heavy atom. The van der Waals surface area contributed by atoms with Crippen molar-refractivity contribution in [3.63, 3.8) is 0 Å². The van der Waals surface area contributed by atoms with Crippen molar-refractivity contribution in [1.29, 1.82) is 0 Å². The molecule has 22 heavy (non-hydrogen) atoms. The first-order chi connectivity index (χ1) is 10.2. The van der Waals surface area contributed by atoms with Crippen molar-refractivity contribution in [2.24, 2.45) is 0 Å². The third-order valence-electron chi connectivity index (χ3n) is 3.85. The Morgan fingerprint density at radius 3 is 1.45 bits per heavy atom. The first-order valence-corrected chi connectivity index (χ1v) is 9.36. The topological polar surface area (TPSA) is 26.3 Å². The van der Waals surface area contributed by atoms with Crippen molar-refractivity contribution in [3.8, 4) is 0 Å². The summed E-state index contributed by atoms with van der Waals surface area (Å²) >= 11 is 0. The Labute approximate surface area is 154 Å². The van der Waals surface area contributed by atoms with E-state index in [4.69, 9.17) is 4.74 Å². The average molecular weight is 346 g/mol. The first-order valence-electron chi connectivity index (χ1n) is 9.36. The van der Waals surface area contributed by atoms with E-state index in [0.29, 0.717) is 6.42 Å². The monoisotopic (exact) mass is 346 g/mol. The van der Waals surface area contributed by atoms with Gasteiger partial charge in [-0.1, -0.05) is 84.0 Å². The van der Waals surface area contributed by atoms with Gasteiger partial charge in [0.2, 0.25) is 0 Å². The van der Waals surface area contributed by atoms with Gasteiger partial charge in [-0.05, 0) is 20.3 Å². The number of hydrogen-bond acceptors (Lipinski definition) is 2. The summed E-state index contributed by atoms with van der Waals surface area (Å²) in [4.78, 5) is 11.3. The van der Waals surface area contributed by atoms with Gasteiger partial charge in [-0.25, -0.2) is 0 Å². The molecule has 0 unspecified atom stereocenters. The van der Waals surface area contributed by atoms with E-state index in [9.17, 15) is 4.79 Å². The van der Waals surface area contributed by atoms with Gasteiger partial charge in [0.15, 0.2) is 0 Å². The third kappa shape index (κ3) is 20.2. The number of carbonyl (C=O) groups is 1.